The highest BCUT2D eigenvalue weighted by Crippen LogP contribution is 2.29. The number of fused-ring (bicyclic) bond motifs is 8. The molecule has 1 atom stereocenters. The summed E-state index contributed by atoms with van der Waals surface area (Å²) in [6.07, 6.45) is 4.17. The molecule has 0 spiro atoms. The van der Waals surface area contributed by atoms with E-state index in [9.17, 15) is 10.5 Å². The highest BCUT2D eigenvalue weighted by molar-refractivity contribution is 6.29. The van der Waals surface area contributed by atoms with Crippen molar-refractivity contribution in [3.05, 3.63) is 152 Å². The van der Waals surface area contributed by atoms with Crippen molar-refractivity contribution in [2.75, 3.05) is 0 Å². The lowest BCUT2D eigenvalue weighted by Crippen LogP contribution is -2.14. The van der Waals surface area contributed by atoms with Gasteiger partial charge in [0.1, 0.15) is 6.04 Å². The van der Waals surface area contributed by atoms with Gasteiger partial charge < -0.3 is 15.0 Å². The topological polar surface area (TPSA) is 107 Å². The van der Waals surface area contributed by atoms with Crippen LogP contribution in [0.3, 0.4) is 0 Å². The molecule has 2 aliphatic rings. The van der Waals surface area contributed by atoms with Crippen molar-refractivity contribution in [1.29, 1.82) is 10.5 Å². The smallest absolute Gasteiger partial charge is 0.109 e. The van der Waals surface area contributed by atoms with Gasteiger partial charge in [0.2, 0.25) is 0 Å². The molecule has 1 unspecified atom stereocenters. The molecule has 2 aromatic carbocycles. The Balaban J connectivity index is 1.55. The third kappa shape index (κ3) is 3.52. The fraction of sp³-hybridized carbons (Fsp3) is 0.0312. The number of nitrogens with one attached hydrogen (secondary N) is 3. The van der Waals surface area contributed by atoms with Crippen LogP contribution in [0.25, 0.3) is 11.1 Å². The van der Waals surface area contributed by atoms with Gasteiger partial charge in [-0.2, -0.15) is 10.5 Å². The minimum Gasteiger partial charge on any atom is -0.356 e. The summed E-state index contributed by atoms with van der Waals surface area (Å²) in [5, 5.41) is 22.4. The quantitative estimate of drug-likeness (QED) is 0.346. The predicted octanol–water partition coefficient (Wildman–Crippen LogP) is 4.21. The zero-order valence-electron chi connectivity index (χ0n) is 20.2. The first-order valence-corrected chi connectivity index (χ1v) is 12.3. The largest absolute Gasteiger partial charge is 0.356 e. The molecule has 8 bridgehead atoms. The van der Waals surface area contributed by atoms with Crippen LogP contribution < -0.4 is 10.7 Å². The van der Waals surface area contributed by atoms with Crippen LogP contribution in [0.1, 0.15) is 39.7 Å². The molecule has 0 aliphatic carbocycles. The Hall–Kier alpha value is -5.59. The lowest BCUT2D eigenvalue weighted by molar-refractivity contribution is 0.890. The summed E-state index contributed by atoms with van der Waals surface area (Å²) < 4.78 is 0. The minimum atomic E-state index is -0.147. The summed E-state index contributed by atoms with van der Waals surface area (Å²) in [5.41, 5.74) is 8.09. The number of allylic oxidation sites excluding steroid dienone is 1. The van der Waals surface area contributed by atoms with E-state index in [1.807, 2.05) is 48.5 Å². The number of nitrogens with zero attached hydrogens (tertiary/aromatic N) is 3. The van der Waals surface area contributed by atoms with Crippen LogP contribution in [-0.2, 0) is 0 Å². The summed E-state index contributed by atoms with van der Waals surface area (Å²) >= 11 is 0. The van der Waals surface area contributed by atoms with Gasteiger partial charge >= 0.3 is 0 Å². The van der Waals surface area contributed by atoms with Gasteiger partial charge in [-0.05, 0) is 77.9 Å². The van der Waals surface area contributed by atoms with E-state index in [0.29, 0.717) is 11.1 Å². The van der Waals surface area contributed by atoms with Crippen LogP contribution in [0, 0.1) is 33.4 Å². The van der Waals surface area contributed by atoms with Crippen molar-refractivity contribution < 1.29 is 0 Å². The second-order valence-corrected chi connectivity index (χ2v) is 9.35. The van der Waals surface area contributed by atoms with Crippen LogP contribution >= 0.6 is 0 Å². The monoisotopic (exact) mass is 488 g/mol. The highest BCUT2D eigenvalue weighted by atomic mass is 14.9. The van der Waals surface area contributed by atoms with Gasteiger partial charge in [-0.25, -0.2) is 0 Å². The third-order valence-corrected chi connectivity index (χ3v) is 7.07. The zero-order chi connectivity index (χ0) is 25.6. The molecule has 5 heterocycles. The van der Waals surface area contributed by atoms with Gasteiger partial charge in [-0.15, -0.1) is 0 Å². The summed E-state index contributed by atoms with van der Waals surface area (Å²) in [4.78, 5) is 15.9. The maximum Gasteiger partial charge on any atom is 0.109 e. The molecule has 38 heavy (non-hydrogen) atoms. The van der Waals surface area contributed by atoms with E-state index in [0.717, 1.165) is 60.8 Å². The molecule has 0 saturated carbocycles. The molecule has 7 rings (SSSR count). The molecule has 178 valence electrons. The molecule has 0 saturated heterocycles. The number of aromatic nitrogens is 3. The average molecular weight is 489 g/mol. The van der Waals surface area contributed by atoms with Crippen LogP contribution in [-0.4, -0.2) is 20.7 Å². The lowest BCUT2D eigenvalue weighted by Gasteiger charge is -2.09. The van der Waals surface area contributed by atoms with Gasteiger partial charge in [0.05, 0.1) is 39.7 Å². The van der Waals surface area contributed by atoms with E-state index >= 15 is 0 Å². The number of rotatable bonds is 2. The summed E-state index contributed by atoms with van der Waals surface area (Å²) in [5.74, 6) is 0. The Kier molecular flexibility index (Phi) is 4.86. The van der Waals surface area contributed by atoms with Gasteiger partial charge in [-0.3, -0.25) is 4.99 Å². The number of hydrogen-bond acceptors (Lipinski definition) is 3. The van der Waals surface area contributed by atoms with E-state index in [2.05, 4.69) is 75.6 Å². The molecule has 6 heteroatoms. The lowest BCUT2D eigenvalue weighted by atomic mass is 9.99. The first-order valence-electron chi connectivity index (χ1n) is 12.3. The molecular formula is C32H20N6. The molecule has 6 nitrogen and oxygen atoms in total. The molecule has 3 N–H and O–H groups in total. The van der Waals surface area contributed by atoms with E-state index in [1.54, 1.807) is 0 Å². The van der Waals surface area contributed by atoms with Crippen molar-refractivity contribution in [3.63, 3.8) is 0 Å². The normalized spacial score (nSPS) is 19.3. The fourth-order valence-electron chi connectivity index (χ4n) is 5.19. The van der Waals surface area contributed by atoms with Crippen LogP contribution in [0.5, 0.6) is 0 Å². The zero-order valence-corrected chi connectivity index (χ0v) is 20.2. The number of hydrogen-bond donors (Lipinski definition) is 3. The molecule has 0 radical (unpaired) electrons. The third-order valence-electron chi connectivity index (χ3n) is 7.07. The fourth-order valence-corrected chi connectivity index (χ4v) is 5.19. The Morgan fingerprint density at radius 3 is 1.74 bits per heavy atom. The second-order valence-electron chi connectivity index (χ2n) is 9.35. The van der Waals surface area contributed by atoms with Crippen molar-refractivity contribution in [2.24, 2.45) is 4.99 Å². The molecule has 2 aliphatic heterocycles. The Morgan fingerprint density at radius 1 is 0.579 bits per heavy atom. The average Bonchev–Trinajstić information content (AvgIpc) is 3.77. The number of nitriles is 2. The van der Waals surface area contributed by atoms with E-state index in [1.165, 1.54) is 0 Å². The van der Waals surface area contributed by atoms with Gasteiger partial charge in [-0.1, -0.05) is 30.3 Å². The van der Waals surface area contributed by atoms with E-state index in [4.69, 9.17) is 4.99 Å². The first kappa shape index (κ1) is 21.7. The standard InChI is InChI=1S/C32H20N6/c33-17-19-1-5-21(6-2-19)31-27-13-9-23(35-27)25-11-15-29(37-25)32(22-7-3-20(18-34)4-8-22)30-16-12-26(38-30)24-10-14-28(31)36-24/h1-16,23,36-38H/b26-24-,31-28-,32-30-. The highest BCUT2D eigenvalue weighted by Gasteiger charge is 2.21. The Bertz CT molecular complexity index is 2080. The first-order chi connectivity index (χ1) is 18.7. The van der Waals surface area contributed by atoms with Crippen molar-refractivity contribution in [3.8, 4) is 12.1 Å². The molecular weight excluding hydrogens is 468 g/mol. The number of aromatic amines is 3. The Morgan fingerprint density at radius 2 is 1.13 bits per heavy atom. The summed E-state index contributed by atoms with van der Waals surface area (Å²) in [6.45, 7) is 0. The van der Waals surface area contributed by atoms with Crippen molar-refractivity contribution in [1.82, 2.24) is 15.0 Å². The summed E-state index contributed by atoms with van der Waals surface area (Å²) in [6, 6.07) is 32.0. The minimum absolute atomic E-state index is 0.147. The maximum atomic E-state index is 9.27. The summed E-state index contributed by atoms with van der Waals surface area (Å²) in [7, 11) is 0. The van der Waals surface area contributed by atoms with E-state index < -0.39 is 0 Å². The van der Waals surface area contributed by atoms with Gasteiger partial charge in [0.15, 0.2) is 0 Å². The maximum absolute atomic E-state index is 9.27. The SMILES string of the molecule is N#Cc1ccc(/C2=c3\cc/c([nH]3)=c3\cc/c([nH]3)=C(\c3ccc(C#N)cc3)c3ccc([nH]3)C3C=CC2=N3)cc1. The molecule has 0 amide bonds. The number of benzene rings is 2. The predicted molar refractivity (Wildman–Crippen MR) is 145 cm³/mol. The van der Waals surface area contributed by atoms with Crippen molar-refractivity contribution in [2.45, 2.75) is 6.04 Å². The molecule has 0 fully saturated rings. The Labute approximate surface area is 217 Å². The van der Waals surface area contributed by atoms with Gasteiger partial charge in [0.25, 0.3) is 0 Å². The van der Waals surface area contributed by atoms with E-state index in [-0.39, 0.29) is 6.04 Å². The van der Waals surface area contributed by atoms with Crippen molar-refractivity contribution >= 4 is 16.9 Å². The number of H-pyrrole nitrogens is 3. The van der Waals surface area contributed by atoms with Crippen LogP contribution in [0.4, 0.5) is 0 Å². The second kappa shape index (κ2) is 8.51. The van der Waals surface area contributed by atoms with Crippen LogP contribution in [0.2, 0.25) is 0 Å². The molecule has 5 aromatic rings. The van der Waals surface area contributed by atoms with Gasteiger partial charge in [0, 0.05) is 33.2 Å². The van der Waals surface area contributed by atoms with Crippen LogP contribution in [0.15, 0.2) is 102 Å². The number of aliphatic imine (C=N–C) groups is 1. The molecule has 3 aromatic heterocycles.